The molecular formula is C10H21NO. The van der Waals surface area contributed by atoms with Crippen LogP contribution in [0.25, 0.3) is 0 Å². The van der Waals surface area contributed by atoms with Gasteiger partial charge in [-0.05, 0) is 19.3 Å². The van der Waals surface area contributed by atoms with Crippen molar-refractivity contribution in [2.24, 2.45) is 5.73 Å². The fraction of sp³-hybridized carbons (Fsp3) is 1.00. The normalized spacial score (nSPS) is 26.2. The third-order valence-electron chi connectivity index (χ3n) is 3.10. The van der Waals surface area contributed by atoms with Gasteiger partial charge >= 0.3 is 0 Å². The second-order valence-corrected chi connectivity index (χ2v) is 4.03. The highest BCUT2D eigenvalue weighted by atomic mass is 16.3. The van der Waals surface area contributed by atoms with Crippen LogP contribution in [0.15, 0.2) is 0 Å². The van der Waals surface area contributed by atoms with Gasteiger partial charge in [-0.2, -0.15) is 0 Å². The van der Waals surface area contributed by atoms with E-state index >= 15 is 0 Å². The zero-order valence-corrected chi connectivity index (χ0v) is 8.05. The number of hydrogen-bond donors (Lipinski definition) is 2. The van der Waals surface area contributed by atoms with Gasteiger partial charge < -0.3 is 10.8 Å². The molecule has 2 nitrogen and oxygen atoms in total. The van der Waals surface area contributed by atoms with E-state index in [1.165, 1.54) is 12.8 Å². The molecule has 1 atom stereocenters. The Balaban J connectivity index is 2.53. The fourth-order valence-corrected chi connectivity index (χ4v) is 2.09. The minimum absolute atomic E-state index is 0.0180. The standard InChI is InChI=1S/C10H21NO/c1-2-9(11)10(12)7-5-3-4-6-8-10/h9,12H,2-8,11H2,1H3. The minimum atomic E-state index is -0.550. The van der Waals surface area contributed by atoms with Crippen molar-refractivity contribution in [3.8, 4) is 0 Å². The molecule has 1 saturated carbocycles. The van der Waals surface area contributed by atoms with Crippen LogP contribution in [-0.4, -0.2) is 16.7 Å². The van der Waals surface area contributed by atoms with Gasteiger partial charge in [0, 0.05) is 6.04 Å². The van der Waals surface area contributed by atoms with Crippen molar-refractivity contribution < 1.29 is 5.11 Å². The molecule has 0 aromatic rings. The Morgan fingerprint density at radius 2 is 1.75 bits per heavy atom. The fourth-order valence-electron chi connectivity index (χ4n) is 2.09. The van der Waals surface area contributed by atoms with E-state index in [-0.39, 0.29) is 6.04 Å². The Morgan fingerprint density at radius 1 is 1.25 bits per heavy atom. The van der Waals surface area contributed by atoms with Crippen LogP contribution in [-0.2, 0) is 0 Å². The van der Waals surface area contributed by atoms with E-state index in [1.54, 1.807) is 0 Å². The van der Waals surface area contributed by atoms with E-state index in [0.29, 0.717) is 0 Å². The summed E-state index contributed by atoms with van der Waals surface area (Å²) in [6, 6.07) is -0.0180. The molecular weight excluding hydrogens is 150 g/mol. The van der Waals surface area contributed by atoms with Crippen LogP contribution in [0, 0.1) is 0 Å². The lowest BCUT2D eigenvalue weighted by Crippen LogP contribution is -2.47. The van der Waals surface area contributed by atoms with Crippen LogP contribution < -0.4 is 5.73 Å². The van der Waals surface area contributed by atoms with Gasteiger partial charge in [0.05, 0.1) is 5.60 Å². The molecule has 1 aliphatic rings. The topological polar surface area (TPSA) is 46.2 Å². The van der Waals surface area contributed by atoms with Gasteiger partial charge in [-0.25, -0.2) is 0 Å². The summed E-state index contributed by atoms with van der Waals surface area (Å²) in [5.74, 6) is 0. The first-order valence-corrected chi connectivity index (χ1v) is 5.17. The summed E-state index contributed by atoms with van der Waals surface area (Å²) in [6.45, 7) is 2.05. The second-order valence-electron chi connectivity index (χ2n) is 4.03. The summed E-state index contributed by atoms with van der Waals surface area (Å²) in [4.78, 5) is 0. The zero-order valence-electron chi connectivity index (χ0n) is 8.05. The van der Waals surface area contributed by atoms with E-state index in [9.17, 15) is 5.11 Å². The molecule has 0 aromatic heterocycles. The molecule has 72 valence electrons. The Labute approximate surface area is 75.2 Å². The summed E-state index contributed by atoms with van der Waals surface area (Å²) in [7, 11) is 0. The second kappa shape index (κ2) is 4.24. The van der Waals surface area contributed by atoms with Crippen molar-refractivity contribution in [1.29, 1.82) is 0 Å². The number of rotatable bonds is 2. The SMILES string of the molecule is CCC(N)C1(O)CCCCCC1. The van der Waals surface area contributed by atoms with E-state index in [2.05, 4.69) is 0 Å². The maximum atomic E-state index is 10.2. The predicted molar refractivity (Wildman–Crippen MR) is 50.9 cm³/mol. The summed E-state index contributed by atoms with van der Waals surface area (Å²) in [5.41, 5.74) is 5.35. The molecule has 3 N–H and O–H groups in total. The largest absolute Gasteiger partial charge is 0.388 e. The average Bonchev–Trinajstić information content (AvgIpc) is 2.29. The quantitative estimate of drug-likeness (QED) is 0.622. The van der Waals surface area contributed by atoms with Gasteiger partial charge in [0.15, 0.2) is 0 Å². The summed E-state index contributed by atoms with van der Waals surface area (Å²) < 4.78 is 0. The van der Waals surface area contributed by atoms with Crippen molar-refractivity contribution in [2.45, 2.75) is 63.5 Å². The van der Waals surface area contributed by atoms with Gasteiger partial charge in [0.25, 0.3) is 0 Å². The molecule has 0 heterocycles. The third-order valence-corrected chi connectivity index (χ3v) is 3.10. The van der Waals surface area contributed by atoms with Gasteiger partial charge in [-0.1, -0.05) is 32.6 Å². The van der Waals surface area contributed by atoms with Crippen LogP contribution in [0.5, 0.6) is 0 Å². The van der Waals surface area contributed by atoms with Crippen molar-refractivity contribution in [3.05, 3.63) is 0 Å². The zero-order chi connectivity index (χ0) is 9.03. The van der Waals surface area contributed by atoms with Crippen LogP contribution in [0.4, 0.5) is 0 Å². The average molecular weight is 171 g/mol. The lowest BCUT2D eigenvalue weighted by molar-refractivity contribution is -0.00138. The molecule has 12 heavy (non-hydrogen) atoms. The molecule has 0 aliphatic heterocycles. The van der Waals surface area contributed by atoms with Crippen molar-refractivity contribution in [1.82, 2.24) is 0 Å². The highest BCUT2D eigenvalue weighted by Crippen LogP contribution is 2.29. The molecule has 1 unspecified atom stereocenters. The van der Waals surface area contributed by atoms with Gasteiger partial charge in [-0.3, -0.25) is 0 Å². The van der Waals surface area contributed by atoms with Crippen molar-refractivity contribution in [3.63, 3.8) is 0 Å². The van der Waals surface area contributed by atoms with E-state index in [0.717, 1.165) is 32.1 Å². The summed E-state index contributed by atoms with van der Waals surface area (Å²) in [5, 5.41) is 10.2. The summed E-state index contributed by atoms with van der Waals surface area (Å²) >= 11 is 0. The van der Waals surface area contributed by atoms with E-state index in [1.807, 2.05) is 6.92 Å². The van der Waals surface area contributed by atoms with Crippen LogP contribution in [0.3, 0.4) is 0 Å². The van der Waals surface area contributed by atoms with Gasteiger partial charge in [0.1, 0.15) is 0 Å². The van der Waals surface area contributed by atoms with Gasteiger partial charge in [0.2, 0.25) is 0 Å². The summed E-state index contributed by atoms with van der Waals surface area (Å²) in [6.07, 6.45) is 7.51. The van der Waals surface area contributed by atoms with Crippen LogP contribution in [0.1, 0.15) is 51.9 Å². The molecule has 1 rings (SSSR count). The molecule has 1 aliphatic carbocycles. The molecule has 0 saturated heterocycles. The first kappa shape index (κ1) is 10.0. The Kier molecular flexibility index (Phi) is 3.53. The van der Waals surface area contributed by atoms with Crippen LogP contribution in [0.2, 0.25) is 0 Å². The molecule has 0 amide bonds. The highest BCUT2D eigenvalue weighted by Gasteiger charge is 2.33. The lowest BCUT2D eigenvalue weighted by atomic mass is 9.86. The third kappa shape index (κ3) is 2.20. The monoisotopic (exact) mass is 171 g/mol. The lowest BCUT2D eigenvalue weighted by Gasteiger charge is -2.32. The van der Waals surface area contributed by atoms with E-state index < -0.39 is 5.60 Å². The van der Waals surface area contributed by atoms with Crippen molar-refractivity contribution >= 4 is 0 Å². The van der Waals surface area contributed by atoms with Gasteiger partial charge in [-0.15, -0.1) is 0 Å². The number of hydrogen-bond acceptors (Lipinski definition) is 2. The first-order chi connectivity index (χ1) is 5.69. The maximum absolute atomic E-state index is 10.2. The van der Waals surface area contributed by atoms with Crippen molar-refractivity contribution in [2.75, 3.05) is 0 Å². The Hall–Kier alpha value is -0.0800. The molecule has 0 radical (unpaired) electrons. The smallest absolute Gasteiger partial charge is 0.0797 e. The van der Waals surface area contributed by atoms with E-state index in [4.69, 9.17) is 5.73 Å². The Bertz CT molecular complexity index is 128. The number of nitrogens with two attached hydrogens (primary N) is 1. The molecule has 0 spiro atoms. The highest BCUT2D eigenvalue weighted by molar-refractivity contribution is 4.89. The molecule has 0 bridgehead atoms. The first-order valence-electron chi connectivity index (χ1n) is 5.17. The number of aliphatic hydroxyl groups is 1. The molecule has 0 aromatic carbocycles. The molecule has 1 fully saturated rings. The van der Waals surface area contributed by atoms with Crippen LogP contribution >= 0.6 is 0 Å². The Morgan fingerprint density at radius 3 is 2.17 bits per heavy atom. The molecule has 2 heteroatoms. The minimum Gasteiger partial charge on any atom is -0.388 e. The predicted octanol–water partition coefficient (Wildman–Crippen LogP) is 1.81. The maximum Gasteiger partial charge on any atom is 0.0797 e.